The van der Waals surface area contributed by atoms with Crippen LogP contribution in [0.3, 0.4) is 0 Å². The smallest absolute Gasteiger partial charge is 0.412 e. The summed E-state index contributed by atoms with van der Waals surface area (Å²) in [6.07, 6.45) is 0. The Kier molecular flexibility index (Phi) is 23.0. The first-order chi connectivity index (χ1) is 5.61. The number of nitrogens with one attached hydrogen (secondary N) is 1. The van der Waals surface area contributed by atoms with Crippen molar-refractivity contribution < 1.29 is 65.5 Å². The number of carbonyl (C=O) groups excluding carboxylic acids is 1. The van der Waals surface area contributed by atoms with E-state index in [1.807, 2.05) is 4.72 Å². The molecule has 0 atom stereocenters. The molecule has 0 saturated heterocycles. The Labute approximate surface area is 121 Å². The van der Waals surface area contributed by atoms with Crippen molar-refractivity contribution >= 4 is 15.9 Å². The Morgan fingerprint density at radius 1 is 0.842 bits per heavy atom. The number of hydrogen-bond acceptors (Lipinski definition) is 3. The number of carbonyl (C=O) groups is 1. The zero-order valence-electron chi connectivity index (χ0n) is 9.65. The molecule has 1 heterocycles. The topological polar surface area (TPSA) is 252 Å². The minimum absolute atomic E-state index is 0. The molecular formula is C7H17NO9SZn+2. The largest absolute Gasteiger partial charge is 2.00 e. The zero-order chi connectivity index (χ0) is 8.77. The molecule has 12 heteroatoms. The van der Waals surface area contributed by atoms with Gasteiger partial charge >= 0.3 is 19.5 Å². The molecule has 0 spiro atoms. The number of benzene rings is 1. The van der Waals surface area contributed by atoms with Crippen molar-refractivity contribution in [3.8, 4) is 0 Å². The molecule has 1 amide bonds. The second kappa shape index (κ2) is 12.1. The molecule has 0 aromatic heterocycles. The quantitative estimate of drug-likeness (QED) is 0.449. The first kappa shape index (κ1) is 36.1. The Balaban J connectivity index is -0.0000000604. The number of fused-ring (bicyclic) bond motifs is 1. The van der Waals surface area contributed by atoms with Crippen molar-refractivity contribution in [1.29, 1.82) is 0 Å². The van der Waals surface area contributed by atoms with Gasteiger partial charge in [0.25, 0.3) is 15.9 Å². The van der Waals surface area contributed by atoms with Gasteiger partial charge in [-0.25, -0.2) is 13.1 Å². The van der Waals surface area contributed by atoms with Crippen LogP contribution in [0.4, 0.5) is 0 Å². The van der Waals surface area contributed by atoms with E-state index in [-0.39, 0.29) is 62.8 Å². The summed E-state index contributed by atoms with van der Waals surface area (Å²) in [6, 6.07) is 6.09. The van der Waals surface area contributed by atoms with E-state index in [1.165, 1.54) is 12.1 Å². The molecule has 1 aliphatic heterocycles. The van der Waals surface area contributed by atoms with Gasteiger partial charge in [0, 0.05) is 0 Å². The zero-order valence-corrected chi connectivity index (χ0v) is 13.4. The monoisotopic (exact) mass is 355 g/mol. The van der Waals surface area contributed by atoms with Gasteiger partial charge in [-0.1, -0.05) is 12.1 Å². The average Bonchev–Trinajstić information content (AvgIpc) is 2.25. The van der Waals surface area contributed by atoms with Crippen LogP contribution >= 0.6 is 0 Å². The van der Waals surface area contributed by atoms with Crippen LogP contribution in [-0.2, 0) is 29.5 Å². The molecule has 0 saturated carbocycles. The molecule has 110 valence electrons. The molecule has 1 aliphatic rings. The van der Waals surface area contributed by atoms with Crippen molar-refractivity contribution in [2.75, 3.05) is 0 Å². The normalized spacial score (nSPS) is 11.7. The summed E-state index contributed by atoms with van der Waals surface area (Å²) >= 11 is 0. The fourth-order valence-corrected chi connectivity index (χ4v) is 2.29. The van der Waals surface area contributed by atoms with E-state index >= 15 is 0 Å². The van der Waals surface area contributed by atoms with Crippen LogP contribution in [0, 0.1) is 0 Å². The van der Waals surface area contributed by atoms with Crippen molar-refractivity contribution in [1.82, 2.24) is 4.72 Å². The van der Waals surface area contributed by atoms with E-state index in [4.69, 9.17) is 0 Å². The van der Waals surface area contributed by atoms with E-state index in [2.05, 4.69) is 0 Å². The van der Waals surface area contributed by atoms with E-state index in [9.17, 15) is 13.2 Å². The third kappa shape index (κ3) is 6.14. The molecule has 0 radical (unpaired) electrons. The van der Waals surface area contributed by atoms with Crippen molar-refractivity contribution in [2.45, 2.75) is 4.90 Å². The van der Waals surface area contributed by atoms with Gasteiger partial charge in [0.1, 0.15) is 4.90 Å². The number of amides is 1. The summed E-state index contributed by atoms with van der Waals surface area (Å²) in [6.45, 7) is 0. The van der Waals surface area contributed by atoms with Gasteiger partial charge in [0.15, 0.2) is 0 Å². The van der Waals surface area contributed by atoms with Crippen molar-refractivity contribution in [3.63, 3.8) is 0 Å². The molecule has 19 heavy (non-hydrogen) atoms. The molecule has 1 aromatic carbocycles. The number of sulfonamides is 1. The minimum atomic E-state index is -3.55. The Morgan fingerprint density at radius 3 is 1.68 bits per heavy atom. The third-order valence-electron chi connectivity index (χ3n) is 1.65. The Bertz CT molecular complexity index is 463. The van der Waals surface area contributed by atoms with E-state index in [0.717, 1.165) is 0 Å². The maximum atomic E-state index is 11.1. The molecule has 13 N–H and O–H groups in total. The van der Waals surface area contributed by atoms with E-state index in [0.29, 0.717) is 0 Å². The number of rotatable bonds is 0. The van der Waals surface area contributed by atoms with Crippen LogP contribution in [0.5, 0.6) is 0 Å². The summed E-state index contributed by atoms with van der Waals surface area (Å²) < 4.78 is 24.2. The second-order valence-electron chi connectivity index (χ2n) is 2.43. The Hall–Kier alpha value is -0.977. The number of hydrogen-bond donors (Lipinski definition) is 1. The first-order valence-corrected chi connectivity index (χ1v) is 4.76. The fourth-order valence-electron chi connectivity index (χ4n) is 1.12. The van der Waals surface area contributed by atoms with Crippen molar-refractivity contribution in [2.24, 2.45) is 0 Å². The summed E-state index contributed by atoms with van der Waals surface area (Å²) in [4.78, 5) is 11.1. The van der Waals surface area contributed by atoms with Crippen molar-refractivity contribution in [3.05, 3.63) is 29.8 Å². The van der Waals surface area contributed by atoms with E-state index < -0.39 is 15.9 Å². The van der Waals surface area contributed by atoms with Gasteiger partial charge in [-0.05, 0) is 12.1 Å². The summed E-state index contributed by atoms with van der Waals surface area (Å²) in [7, 11) is -3.55. The van der Waals surface area contributed by atoms with Gasteiger partial charge < -0.3 is 32.9 Å². The maximum absolute atomic E-state index is 11.1. The molecule has 0 fully saturated rings. The van der Waals surface area contributed by atoms with Crippen LogP contribution in [0.2, 0.25) is 0 Å². The second-order valence-corrected chi connectivity index (χ2v) is 4.08. The molecule has 10 nitrogen and oxygen atoms in total. The minimum Gasteiger partial charge on any atom is -0.412 e. The standard InChI is InChI=1S/C7H5NO3S.6H2O.Zn/c9-7-5-3-1-2-4-6(5)12(10,11)8-7;;;;;;;/h1-4H,(H,8,9);6*1H2;/q;;;;;;;+2. The predicted molar refractivity (Wildman–Crippen MR) is 62.8 cm³/mol. The third-order valence-corrected chi connectivity index (χ3v) is 3.04. The van der Waals surface area contributed by atoms with Gasteiger partial charge in [-0.3, -0.25) is 4.79 Å². The summed E-state index contributed by atoms with van der Waals surface area (Å²) in [5, 5.41) is 0. The van der Waals surface area contributed by atoms with Crippen LogP contribution in [0.1, 0.15) is 10.4 Å². The van der Waals surface area contributed by atoms with Crippen LogP contribution in [-0.4, -0.2) is 47.2 Å². The fraction of sp³-hybridized carbons (Fsp3) is 0. The van der Waals surface area contributed by atoms with Gasteiger partial charge in [-0.15, -0.1) is 0 Å². The van der Waals surface area contributed by atoms with E-state index in [1.54, 1.807) is 12.1 Å². The molecule has 0 unspecified atom stereocenters. The molecule has 0 aliphatic carbocycles. The van der Waals surface area contributed by atoms with Gasteiger partial charge in [-0.2, -0.15) is 0 Å². The Morgan fingerprint density at radius 2 is 1.26 bits per heavy atom. The first-order valence-electron chi connectivity index (χ1n) is 3.27. The molecular weight excluding hydrogens is 340 g/mol. The molecule has 1 aromatic rings. The maximum Gasteiger partial charge on any atom is 2.00 e. The summed E-state index contributed by atoms with van der Waals surface area (Å²) in [5.41, 5.74) is 0.220. The average molecular weight is 357 g/mol. The van der Waals surface area contributed by atoms with Gasteiger partial charge in [0.05, 0.1) is 5.56 Å². The van der Waals surface area contributed by atoms with Crippen LogP contribution in [0.15, 0.2) is 29.2 Å². The van der Waals surface area contributed by atoms with Crippen LogP contribution in [0.25, 0.3) is 0 Å². The summed E-state index contributed by atoms with van der Waals surface area (Å²) in [5.74, 6) is -0.550. The SMILES string of the molecule is O.O.O.O.O.O.O=C1NS(=O)(=O)c2ccccc21.[Zn+2]. The van der Waals surface area contributed by atoms with Crippen LogP contribution < -0.4 is 4.72 Å². The molecule has 0 bridgehead atoms. The molecule has 2 rings (SSSR count). The predicted octanol–water partition coefficient (Wildman–Crippen LogP) is -4.83. The van der Waals surface area contributed by atoms with Gasteiger partial charge in [0.2, 0.25) is 0 Å².